The molecule has 1 aliphatic rings. The molecule has 1 aliphatic heterocycles. The number of thioether (sulfide) groups is 1. The topological polar surface area (TPSA) is 55.8 Å². The van der Waals surface area contributed by atoms with E-state index in [1.54, 1.807) is 30.3 Å². The Hall–Kier alpha value is -2.45. The summed E-state index contributed by atoms with van der Waals surface area (Å²) in [4.78, 5) is 27.0. The Morgan fingerprint density at radius 1 is 1.06 bits per heavy atom. The summed E-state index contributed by atoms with van der Waals surface area (Å²) in [5.41, 5.74) is 2.38. The van der Waals surface area contributed by atoms with Crippen LogP contribution in [0.5, 0.6) is 11.5 Å². The summed E-state index contributed by atoms with van der Waals surface area (Å²) in [6.07, 6.45) is 1.63. The fourth-order valence-corrected chi connectivity index (χ4v) is 4.93. The van der Waals surface area contributed by atoms with Gasteiger partial charge in [0.25, 0.3) is 11.1 Å². The molecule has 9 heteroatoms. The molecule has 0 N–H and O–H groups in total. The molecule has 174 valence electrons. The van der Waals surface area contributed by atoms with Crippen molar-refractivity contribution in [3.05, 3.63) is 96.8 Å². The molecular formula is C25H18BrCl2NO4S. The molecule has 0 unspecified atom stereocenters. The molecule has 0 radical (unpaired) electrons. The Balaban J connectivity index is 1.53. The summed E-state index contributed by atoms with van der Waals surface area (Å²) in [6, 6.07) is 18.1. The van der Waals surface area contributed by atoms with Crippen molar-refractivity contribution in [2.24, 2.45) is 0 Å². The van der Waals surface area contributed by atoms with E-state index in [4.69, 9.17) is 32.7 Å². The van der Waals surface area contributed by atoms with Crippen molar-refractivity contribution in [2.45, 2.75) is 13.2 Å². The highest BCUT2D eigenvalue weighted by atomic mass is 79.9. The number of rotatable bonds is 7. The third kappa shape index (κ3) is 5.61. The molecule has 0 aromatic heterocycles. The molecule has 0 bridgehead atoms. The Kier molecular flexibility index (Phi) is 7.88. The summed E-state index contributed by atoms with van der Waals surface area (Å²) in [5, 5.41) is 0.643. The second-order valence-corrected chi connectivity index (χ2v) is 10.00. The monoisotopic (exact) mass is 577 g/mol. The molecule has 5 nitrogen and oxygen atoms in total. The quantitative estimate of drug-likeness (QED) is 0.270. The normalized spacial score (nSPS) is 14.7. The molecule has 1 fully saturated rings. The number of halogens is 3. The van der Waals surface area contributed by atoms with E-state index in [1.807, 2.05) is 36.4 Å². The van der Waals surface area contributed by atoms with Gasteiger partial charge in [-0.25, -0.2) is 0 Å². The lowest BCUT2D eigenvalue weighted by Crippen LogP contribution is -2.27. The first-order chi connectivity index (χ1) is 16.4. The molecular weight excluding hydrogens is 561 g/mol. The van der Waals surface area contributed by atoms with Crippen LogP contribution in [0.2, 0.25) is 10.0 Å². The summed E-state index contributed by atoms with van der Waals surface area (Å²) in [7, 11) is 1.51. The van der Waals surface area contributed by atoms with E-state index >= 15 is 0 Å². The molecule has 0 spiro atoms. The molecule has 1 heterocycles. The summed E-state index contributed by atoms with van der Waals surface area (Å²) in [6.45, 7) is 0.464. The zero-order valence-electron chi connectivity index (χ0n) is 17.9. The average molecular weight is 579 g/mol. The van der Waals surface area contributed by atoms with E-state index in [0.717, 1.165) is 27.4 Å². The van der Waals surface area contributed by atoms with E-state index in [9.17, 15) is 9.59 Å². The predicted octanol–water partition coefficient (Wildman–Crippen LogP) is 7.58. The molecule has 34 heavy (non-hydrogen) atoms. The number of imide groups is 1. The van der Waals surface area contributed by atoms with Gasteiger partial charge in [0.15, 0.2) is 11.5 Å². The molecule has 0 aliphatic carbocycles. The van der Waals surface area contributed by atoms with Crippen LogP contribution < -0.4 is 9.47 Å². The SMILES string of the molecule is COc1cc(/C=C2\SC(=O)N(Cc3ccccc3Br)C2=O)cc(Cl)c1OCc1ccc(Cl)cc1. The van der Waals surface area contributed by atoms with Crippen LogP contribution in [0.4, 0.5) is 4.79 Å². The van der Waals surface area contributed by atoms with Crippen LogP contribution in [0, 0.1) is 0 Å². The fraction of sp³-hybridized carbons (Fsp3) is 0.120. The first-order valence-corrected chi connectivity index (χ1v) is 12.5. The van der Waals surface area contributed by atoms with Crippen LogP contribution in [0.25, 0.3) is 6.08 Å². The minimum Gasteiger partial charge on any atom is -0.493 e. The smallest absolute Gasteiger partial charge is 0.293 e. The standard InChI is InChI=1S/C25H18BrCl2NO4S/c1-32-21-11-16(10-20(28)23(21)33-14-15-6-8-18(27)9-7-15)12-22-24(30)29(25(31)34-22)13-17-4-2-3-5-19(17)26/h2-12H,13-14H2,1H3/b22-12-. The third-order valence-corrected chi connectivity index (χ3v) is 7.22. The summed E-state index contributed by atoms with van der Waals surface area (Å²) < 4.78 is 12.2. The highest BCUT2D eigenvalue weighted by Gasteiger charge is 2.35. The number of hydrogen-bond acceptors (Lipinski definition) is 5. The van der Waals surface area contributed by atoms with Crippen molar-refractivity contribution in [2.75, 3.05) is 7.11 Å². The van der Waals surface area contributed by atoms with Crippen molar-refractivity contribution in [1.82, 2.24) is 4.90 Å². The first kappa shape index (κ1) is 24.7. The van der Waals surface area contributed by atoms with Crippen LogP contribution in [0.1, 0.15) is 16.7 Å². The van der Waals surface area contributed by atoms with Gasteiger partial charge in [-0.05, 0) is 64.9 Å². The van der Waals surface area contributed by atoms with E-state index in [2.05, 4.69) is 15.9 Å². The van der Waals surface area contributed by atoms with Crippen LogP contribution in [0.3, 0.4) is 0 Å². The van der Waals surface area contributed by atoms with Crippen molar-refractivity contribution in [3.8, 4) is 11.5 Å². The van der Waals surface area contributed by atoms with Crippen molar-refractivity contribution >= 4 is 68.1 Å². The Morgan fingerprint density at radius 2 is 1.79 bits per heavy atom. The Bertz CT molecular complexity index is 1280. The highest BCUT2D eigenvalue weighted by Crippen LogP contribution is 2.39. The van der Waals surface area contributed by atoms with Gasteiger partial charge in [0, 0.05) is 9.50 Å². The second kappa shape index (κ2) is 10.9. The number of carbonyl (C=O) groups is 2. The first-order valence-electron chi connectivity index (χ1n) is 10.1. The van der Waals surface area contributed by atoms with Gasteiger partial charge in [-0.3, -0.25) is 14.5 Å². The third-order valence-electron chi connectivity index (χ3n) is 5.01. The van der Waals surface area contributed by atoms with Gasteiger partial charge in [-0.2, -0.15) is 0 Å². The molecule has 2 amide bonds. The van der Waals surface area contributed by atoms with E-state index in [-0.39, 0.29) is 24.3 Å². The molecule has 3 aromatic carbocycles. The number of benzene rings is 3. The van der Waals surface area contributed by atoms with Gasteiger partial charge in [-0.15, -0.1) is 0 Å². The van der Waals surface area contributed by atoms with E-state index in [1.165, 1.54) is 12.0 Å². The molecule has 4 rings (SSSR count). The Morgan fingerprint density at radius 3 is 2.50 bits per heavy atom. The maximum absolute atomic E-state index is 12.9. The summed E-state index contributed by atoms with van der Waals surface area (Å²) in [5.74, 6) is 0.447. The summed E-state index contributed by atoms with van der Waals surface area (Å²) >= 11 is 16.8. The lowest BCUT2D eigenvalue weighted by molar-refractivity contribution is -0.123. The van der Waals surface area contributed by atoms with E-state index < -0.39 is 0 Å². The van der Waals surface area contributed by atoms with Crippen LogP contribution in [-0.4, -0.2) is 23.2 Å². The van der Waals surface area contributed by atoms with Crippen LogP contribution in [-0.2, 0) is 17.9 Å². The molecule has 3 aromatic rings. The largest absolute Gasteiger partial charge is 0.493 e. The maximum atomic E-state index is 12.9. The number of hydrogen-bond donors (Lipinski definition) is 0. The van der Waals surface area contributed by atoms with Gasteiger partial charge >= 0.3 is 0 Å². The Labute approximate surface area is 219 Å². The van der Waals surface area contributed by atoms with Gasteiger partial charge < -0.3 is 9.47 Å². The number of amides is 2. The van der Waals surface area contributed by atoms with Crippen LogP contribution >= 0.6 is 50.9 Å². The lowest BCUT2D eigenvalue weighted by atomic mass is 10.1. The molecule has 0 atom stereocenters. The number of carbonyl (C=O) groups excluding carboxylic acids is 2. The van der Waals surface area contributed by atoms with Gasteiger partial charge in [-0.1, -0.05) is 69.5 Å². The molecule has 0 saturated carbocycles. The number of nitrogens with zero attached hydrogens (tertiary/aromatic N) is 1. The average Bonchev–Trinajstić information content (AvgIpc) is 3.07. The van der Waals surface area contributed by atoms with Crippen molar-refractivity contribution in [3.63, 3.8) is 0 Å². The predicted molar refractivity (Wildman–Crippen MR) is 139 cm³/mol. The maximum Gasteiger partial charge on any atom is 0.293 e. The number of methoxy groups -OCH3 is 1. The number of ether oxygens (including phenoxy) is 2. The van der Waals surface area contributed by atoms with Gasteiger partial charge in [0.05, 0.1) is 23.6 Å². The fourth-order valence-electron chi connectivity index (χ4n) is 3.28. The minimum absolute atomic E-state index is 0.185. The van der Waals surface area contributed by atoms with Crippen LogP contribution in [0.15, 0.2) is 70.0 Å². The van der Waals surface area contributed by atoms with Crippen molar-refractivity contribution in [1.29, 1.82) is 0 Å². The zero-order valence-corrected chi connectivity index (χ0v) is 21.8. The second-order valence-electron chi connectivity index (χ2n) is 7.31. The minimum atomic E-state index is -0.357. The lowest BCUT2D eigenvalue weighted by Gasteiger charge is -2.14. The highest BCUT2D eigenvalue weighted by molar-refractivity contribution is 9.10. The van der Waals surface area contributed by atoms with Crippen molar-refractivity contribution < 1.29 is 19.1 Å². The molecule has 1 saturated heterocycles. The van der Waals surface area contributed by atoms with Gasteiger partial charge in [0.1, 0.15) is 6.61 Å². The van der Waals surface area contributed by atoms with E-state index in [0.29, 0.717) is 32.0 Å². The van der Waals surface area contributed by atoms with Gasteiger partial charge in [0.2, 0.25) is 0 Å². The zero-order chi connectivity index (χ0) is 24.2.